The van der Waals surface area contributed by atoms with Gasteiger partial charge in [0.2, 0.25) is 0 Å². The largest absolute Gasteiger partial charge is 0.309 e. The van der Waals surface area contributed by atoms with Crippen LogP contribution in [0.5, 0.6) is 0 Å². The van der Waals surface area contributed by atoms with Crippen LogP contribution in [0.2, 0.25) is 0 Å². The van der Waals surface area contributed by atoms with Crippen molar-refractivity contribution in [2.75, 3.05) is 0 Å². The van der Waals surface area contributed by atoms with E-state index in [0.29, 0.717) is 29.1 Å². The fourth-order valence-electron chi connectivity index (χ4n) is 16.2. The maximum atomic E-state index is 5.57. The fraction of sp³-hybridized carbons (Fsp3) is 0.358. The summed E-state index contributed by atoms with van der Waals surface area (Å²) in [6, 6.07) is 32.4. The van der Waals surface area contributed by atoms with Crippen molar-refractivity contribution in [3.63, 3.8) is 0 Å². The van der Waals surface area contributed by atoms with Gasteiger partial charge >= 0.3 is 0 Å². The summed E-state index contributed by atoms with van der Waals surface area (Å²) in [7, 11) is 0. The number of pyridine rings is 2. The van der Waals surface area contributed by atoms with Crippen LogP contribution >= 0.6 is 0 Å². The first-order valence-electron chi connectivity index (χ1n) is 22.3. The van der Waals surface area contributed by atoms with Gasteiger partial charge in [0, 0.05) is 66.8 Å². The number of fused-ring (bicyclic) bond motifs is 15. The van der Waals surface area contributed by atoms with Crippen molar-refractivity contribution < 1.29 is 0 Å². The molecule has 4 heteroatoms. The molecule has 4 aromatic carbocycles. The number of hydrogen-bond acceptors (Lipinski definition) is 2. The van der Waals surface area contributed by atoms with E-state index in [1.807, 2.05) is 0 Å². The normalized spacial score (nSPS) is 31.6. The highest BCUT2D eigenvalue weighted by atomic mass is 15.0. The number of aromatic nitrogens is 4. The number of benzene rings is 4. The molecule has 0 aliphatic heterocycles. The lowest BCUT2D eigenvalue weighted by atomic mass is 9.56. The zero-order chi connectivity index (χ0) is 36.5. The lowest BCUT2D eigenvalue weighted by molar-refractivity contribution is 0.00321. The molecule has 4 nitrogen and oxygen atoms in total. The zero-order valence-corrected chi connectivity index (χ0v) is 32.2. The maximum absolute atomic E-state index is 5.57. The summed E-state index contributed by atoms with van der Waals surface area (Å²) >= 11 is 0. The third kappa shape index (κ3) is 3.43. The Morgan fingerprint density at radius 3 is 1.95 bits per heavy atom. The van der Waals surface area contributed by atoms with Gasteiger partial charge < -0.3 is 8.97 Å². The molecule has 0 saturated heterocycles. The lowest BCUT2D eigenvalue weighted by Gasteiger charge is -2.48. The number of para-hydroxylation sites is 3. The molecule has 7 bridgehead atoms. The first-order chi connectivity index (χ1) is 28.2. The Balaban J connectivity index is 1.07. The molecule has 17 rings (SSSR count). The molecule has 0 N–H and O–H groups in total. The smallest absolute Gasteiger partial charge is 0.0728 e. The Kier molecular flexibility index (Phi) is 5.20. The molecule has 276 valence electrons. The van der Waals surface area contributed by atoms with Crippen LogP contribution in [0.4, 0.5) is 0 Å². The summed E-state index contributed by atoms with van der Waals surface area (Å²) in [5, 5.41) is 8.55. The van der Waals surface area contributed by atoms with Crippen molar-refractivity contribution >= 4 is 59.9 Å². The minimum Gasteiger partial charge on any atom is -0.309 e. The van der Waals surface area contributed by atoms with Gasteiger partial charge in [-0.05, 0) is 152 Å². The van der Waals surface area contributed by atoms with Gasteiger partial charge in [0.15, 0.2) is 0 Å². The quantitative estimate of drug-likeness (QED) is 0.177. The Morgan fingerprint density at radius 2 is 1.16 bits per heavy atom. The third-order valence-corrected chi connectivity index (χ3v) is 17.9. The van der Waals surface area contributed by atoms with E-state index in [9.17, 15) is 0 Å². The summed E-state index contributed by atoms with van der Waals surface area (Å²) in [6.45, 7) is 0. The monoisotopic (exact) mass is 736 g/mol. The molecule has 5 fully saturated rings. The van der Waals surface area contributed by atoms with Crippen LogP contribution in [0, 0.1) is 29.1 Å². The number of rotatable bonds is 2. The second-order valence-electron chi connectivity index (χ2n) is 20.2. The highest BCUT2D eigenvalue weighted by molar-refractivity contribution is 6.26. The standard InChI is InChI=1S/C53H44N4/c1-2-7-36(8-3-1)56-42-12-5-4-9-38(42)39-11-6-10-37(51(39)56)29-20-40-47-43(25-54-49-31-16-27-13-28(17-31)15-30(14-27)45(47)49)57-44-26-55-50-33-19-35-22-34-18-32(23-53(34,35)24-33)46(50)48(44)41(21-29)52(40)57/h1-12,20-21,25-28,30-35H,13-19,22-24H2. The molecule has 5 heterocycles. The summed E-state index contributed by atoms with van der Waals surface area (Å²) in [5.74, 6) is 6.07. The summed E-state index contributed by atoms with van der Waals surface area (Å²) in [5.41, 5.74) is 17.3. The van der Waals surface area contributed by atoms with Crippen molar-refractivity contribution in [3.05, 3.63) is 120 Å². The lowest BCUT2D eigenvalue weighted by Crippen LogP contribution is -2.41. The van der Waals surface area contributed by atoms with Crippen LogP contribution in [0.3, 0.4) is 0 Å². The molecule has 5 aromatic heterocycles. The SMILES string of the molecule is c1ccc(-n2c3ccccc3c3cccc(-c4cc5c6c7c(ncc6n6c8cnc9c(c8c(c4)c56)C4CC5CC6CC9CC65C4)C4CC5CC(C4)CC7C5)c32)cc1. The topological polar surface area (TPSA) is 35.1 Å². The molecule has 8 aliphatic rings. The zero-order valence-electron chi connectivity index (χ0n) is 32.2. The van der Waals surface area contributed by atoms with Crippen molar-refractivity contribution in [2.24, 2.45) is 29.1 Å². The second-order valence-corrected chi connectivity index (χ2v) is 20.2. The van der Waals surface area contributed by atoms with E-state index in [2.05, 4.69) is 106 Å². The van der Waals surface area contributed by atoms with Gasteiger partial charge in [-0.3, -0.25) is 9.97 Å². The summed E-state index contributed by atoms with van der Waals surface area (Å²) < 4.78 is 5.19. The first kappa shape index (κ1) is 29.9. The van der Waals surface area contributed by atoms with Crippen LogP contribution in [0.1, 0.15) is 110 Å². The number of hydrogen-bond donors (Lipinski definition) is 0. The molecule has 5 saturated carbocycles. The Hall–Kier alpha value is -5.22. The second kappa shape index (κ2) is 9.89. The van der Waals surface area contributed by atoms with E-state index in [1.54, 1.807) is 11.1 Å². The summed E-state index contributed by atoms with van der Waals surface area (Å²) in [4.78, 5) is 11.1. The first-order valence-corrected chi connectivity index (χ1v) is 22.3. The van der Waals surface area contributed by atoms with Crippen molar-refractivity contribution in [2.45, 2.75) is 87.9 Å². The highest BCUT2D eigenvalue weighted by Crippen LogP contribution is 2.76. The average molecular weight is 737 g/mol. The Morgan fingerprint density at radius 1 is 0.509 bits per heavy atom. The molecule has 8 aliphatic carbocycles. The Bertz CT molecular complexity index is 3260. The van der Waals surface area contributed by atoms with Gasteiger partial charge in [-0.2, -0.15) is 0 Å². The maximum Gasteiger partial charge on any atom is 0.0728 e. The molecule has 7 unspecified atom stereocenters. The molecule has 7 atom stereocenters. The van der Waals surface area contributed by atoms with Crippen LogP contribution < -0.4 is 0 Å². The van der Waals surface area contributed by atoms with Crippen LogP contribution in [0.15, 0.2) is 97.3 Å². The van der Waals surface area contributed by atoms with Crippen molar-refractivity contribution in [1.82, 2.24) is 18.9 Å². The number of nitrogens with zero attached hydrogens (tertiary/aromatic N) is 4. The van der Waals surface area contributed by atoms with Gasteiger partial charge in [0.05, 0.1) is 40.0 Å². The predicted octanol–water partition coefficient (Wildman–Crippen LogP) is 13.2. The van der Waals surface area contributed by atoms with E-state index in [-0.39, 0.29) is 0 Å². The van der Waals surface area contributed by atoms with Gasteiger partial charge in [0.25, 0.3) is 0 Å². The van der Waals surface area contributed by atoms with Gasteiger partial charge in [-0.1, -0.05) is 54.6 Å². The molecular formula is C53H44N4. The van der Waals surface area contributed by atoms with E-state index >= 15 is 0 Å². The molecule has 0 amide bonds. The van der Waals surface area contributed by atoms with Crippen LogP contribution in [-0.4, -0.2) is 18.9 Å². The highest BCUT2D eigenvalue weighted by Gasteiger charge is 2.66. The van der Waals surface area contributed by atoms with E-state index < -0.39 is 0 Å². The van der Waals surface area contributed by atoms with Crippen molar-refractivity contribution in [3.8, 4) is 16.8 Å². The summed E-state index contributed by atoms with van der Waals surface area (Å²) in [6.07, 6.45) is 18.4. The molecular weight excluding hydrogens is 693 g/mol. The van der Waals surface area contributed by atoms with Crippen LogP contribution in [-0.2, 0) is 0 Å². The van der Waals surface area contributed by atoms with E-state index in [0.717, 1.165) is 23.7 Å². The molecule has 1 spiro atoms. The van der Waals surface area contributed by atoms with Crippen molar-refractivity contribution in [1.29, 1.82) is 0 Å². The molecule has 57 heavy (non-hydrogen) atoms. The van der Waals surface area contributed by atoms with E-state index in [4.69, 9.17) is 9.97 Å². The minimum atomic E-state index is 0.598. The van der Waals surface area contributed by atoms with Crippen LogP contribution in [0.25, 0.3) is 76.7 Å². The average Bonchev–Trinajstić information content (AvgIpc) is 3.97. The third-order valence-electron chi connectivity index (χ3n) is 17.9. The van der Waals surface area contributed by atoms with Gasteiger partial charge in [-0.15, -0.1) is 0 Å². The fourth-order valence-corrected chi connectivity index (χ4v) is 16.2. The Labute approximate surface area is 331 Å². The predicted molar refractivity (Wildman–Crippen MR) is 230 cm³/mol. The minimum absolute atomic E-state index is 0.598. The van der Waals surface area contributed by atoms with E-state index in [1.165, 1.54) is 152 Å². The molecule has 0 radical (unpaired) electrons. The molecule has 9 aromatic rings. The van der Waals surface area contributed by atoms with Gasteiger partial charge in [-0.25, -0.2) is 0 Å². The van der Waals surface area contributed by atoms with Gasteiger partial charge in [0.1, 0.15) is 0 Å².